The quantitative estimate of drug-likeness (QED) is 0.760. The molecule has 1 saturated heterocycles. The predicted octanol–water partition coefficient (Wildman–Crippen LogP) is 2.11. The van der Waals surface area contributed by atoms with Gasteiger partial charge in [0.2, 0.25) is 5.91 Å². The highest BCUT2D eigenvalue weighted by atomic mass is 32.1. The minimum atomic E-state index is -0.662. The molecule has 0 bridgehead atoms. The van der Waals surface area contributed by atoms with Gasteiger partial charge in [-0.3, -0.25) is 4.79 Å². The summed E-state index contributed by atoms with van der Waals surface area (Å²) in [5.74, 6) is 0.0968. The highest BCUT2D eigenvalue weighted by Gasteiger charge is 2.44. The number of hydrogen-bond acceptors (Lipinski definition) is 3. The molecular weight excluding hydrogens is 260 g/mol. The standard InChI is InChI=1S/C14H26N2O2S/c1-4-6-14(7-5-2,12(15)19)13(17)16-8-9-18-10-11(16)3/h11H,4-10H2,1-3H3,(H2,15,19). The second kappa shape index (κ2) is 7.20. The summed E-state index contributed by atoms with van der Waals surface area (Å²) in [4.78, 5) is 15.2. The van der Waals surface area contributed by atoms with Crippen LogP contribution in [0.4, 0.5) is 0 Å². The number of morpholine rings is 1. The van der Waals surface area contributed by atoms with Gasteiger partial charge in [-0.15, -0.1) is 0 Å². The highest BCUT2D eigenvalue weighted by Crippen LogP contribution is 2.34. The van der Waals surface area contributed by atoms with Crippen LogP contribution in [0.3, 0.4) is 0 Å². The van der Waals surface area contributed by atoms with Crippen molar-refractivity contribution in [3.05, 3.63) is 0 Å². The van der Waals surface area contributed by atoms with Crippen LogP contribution in [0.1, 0.15) is 46.5 Å². The average molecular weight is 286 g/mol. The molecule has 110 valence electrons. The third-order valence-corrected chi connectivity index (χ3v) is 4.25. The summed E-state index contributed by atoms with van der Waals surface area (Å²) in [6.45, 7) is 7.98. The number of rotatable bonds is 6. The lowest BCUT2D eigenvalue weighted by atomic mass is 9.77. The van der Waals surface area contributed by atoms with Gasteiger partial charge in [0.1, 0.15) is 0 Å². The summed E-state index contributed by atoms with van der Waals surface area (Å²) in [5.41, 5.74) is 5.29. The van der Waals surface area contributed by atoms with Crippen LogP contribution < -0.4 is 5.73 Å². The van der Waals surface area contributed by atoms with Crippen molar-refractivity contribution in [1.82, 2.24) is 4.90 Å². The fourth-order valence-corrected chi connectivity index (χ4v) is 3.14. The fraction of sp³-hybridized carbons (Fsp3) is 0.857. The van der Waals surface area contributed by atoms with E-state index in [9.17, 15) is 4.79 Å². The molecular formula is C14H26N2O2S. The van der Waals surface area contributed by atoms with Crippen LogP contribution >= 0.6 is 12.2 Å². The van der Waals surface area contributed by atoms with E-state index in [4.69, 9.17) is 22.7 Å². The Hall–Kier alpha value is -0.680. The maximum Gasteiger partial charge on any atom is 0.236 e. The first-order chi connectivity index (χ1) is 8.99. The van der Waals surface area contributed by atoms with Gasteiger partial charge in [-0.2, -0.15) is 0 Å². The Kier molecular flexibility index (Phi) is 6.20. The van der Waals surface area contributed by atoms with Crippen LogP contribution in [-0.2, 0) is 9.53 Å². The third-order valence-electron chi connectivity index (χ3n) is 3.86. The van der Waals surface area contributed by atoms with E-state index in [2.05, 4.69) is 13.8 Å². The zero-order valence-corrected chi connectivity index (χ0v) is 13.1. The van der Waals surface area contributed by atoms with Gasteiger partial charge in [-0.25, -0.2) is 0 Å². The zero-order chi connectivity index (χ0) is 14.5. The van der Waals surface area contributed by atoms with Crippen molar-refractivity contribution in [3.63, 3.8) is 0 Å². The number of amides is 1. The van der Waals surface area contributed by atoms with E-state index in [1.165, 1.54) is 0 Å². The Morgan fingerprint density at radius 3 is 2.42 bits per heavy atom. The molecule has 2 N–H and O–H groups in total. The smallest absolute Gasteiger partial charge is 0.236 e. The first-order valence-corrected chi connectivity index (χ1v) is 7.59. The third kappa shape index (κ3) is 3.45. The lowest BCUT2D eigenvalue weighted by molar-refractivity contribution is -0.147. The number of hydrogen-bond donors (Lipinski definition) is 1. The van der Waals surface area contributed by atoms with Crippen LogP contribution in [-0.4, -0.2) is 41.6 Å². The Bertz CT molecular complexity index is 327. The van der Waals surface area contributed by atoms with Crippen LogP contribution in [0.2, 0.25) is 0 Å². The van der Waals surface area contributed by atoms with E-state index in [1.54, 1.807) is 0 Å². The van der Waals surface area contributed by atoms with Crippen LogP contribution in [0.25, 0.3) is 0 Å². The van der Waals surface area contributed by atoms with Crippen molar-refractivity contribution in [2.45, 2.75) is 52.5 Å². The van der Waals surface area contributed by atoms with E-state index < -0.39 is 5.41 Å². The molecule has 0 spiro atoms. The summed E-state index contributed by atoms with van der Waals surface area (Å²) in [7, 11) is 0. The number of ether oxygens (including phenoxy) is 1. The van der Waals surface area contributed by atoms with Gasteiger partial charge in [0, 0.05) is 6.54 Å². The van der Waals surface area contributed by atoms with Crippen molar-refractivity contribution < 1.29 is 9.53 Å². The Morgan fingerprint density at radius 2 is 2.00 bits per heavy atom. The van der Waals surface area contributed by atoms with Crippen molar-refractivity contribution >= 4 is 23.1 Å². The van der Waals surface area contributed by atoms with Gasteiger partial charge in [-0.05, 0) is 19.8 Å². The topological polar surface area (TPSA) is 55.6 Å². The molecule has 5 heteroatoms. The molecule has 0 aromatic carbocycles. The first-order valence-electron chi connectivity index (χ1n) is 7.18. The summed E-state index contributed by atoms with van der Waals surface area (Å²) in [6, 6.07) is 0.101. The normalized spacial score (nSPS) is 20.4. The van der Waals surface area contributed by atoms with Crippen LogP contribution in [0.5, 0.6) is 0 Å². The van der Waals surface area contributed by atoms with Gasteiger partial charge in [0.05, 0.1) is 29.7 Å². The van der Waals surface area contributed by atoms with Crippen molar-refractivity contribution in [2.24, 2.45) is 11.1 Å². The fourth-order valence-electron chi connectivity index (χ4n) is 2.85. The molecule has 0 aromatic heterocycles. The lowest BCUT2D eigenvalue weighted by Gasteiger charge is -2.41. The second-order valence-corrected chi connectivity index (χ2v) is 5.81. The molecule has 1 atom stereocenters. The molecule has 1 unspecified atom stereocenters. The maximum atomic E-state index is 13.0. The van der Waals surface area contributed by atoms with Crippen molar-refractivity contribution in [3.8, 4) is 0 Å². The number of carbonyl (C=O) groups is 1. The van der Waals surface area contributed by atoms with Crippen LogP contribution in [0.15, 0.2) is 0 Å². The lowest BCUT2D eigenvalue weighted by Crippen LogP contribution is -2.56. The summed E-state index contributed by atoms with van der Waals surface area (Å²) >= 11 is 5.24. The van der Waals surface area contributed by atoms with E-state index in [0.29, 0.717) is 24.7 Å². The summed E-state index contributed by atoms with van der Waals surface area (Å²) in [5, 5.41) is 0. The maximum absolute atomic E-state index is 13.0. The van der Waals surface area contributed by atoms with Gasteiger partial charge < -0.3 is 15.4 Å². The Labute approximate surface area is 121 Å². The summed E-state index contributed by atoms with van der Waals surface area (Å²) in [6.07, 6.45) is 3.28. The Morgan fingerprint density at radius 1 is 1.42 bits per heavy atom. The monoisotopic (exact) mass is 286 g/mol. The van der Waals surface area contributed by atoms with Gasteiger partial charge >= 0.3 is 0 Å². The predicted molar refractivity (Wildman–Crippen MR) is 81.0 cm³/mol. The SMILES string of the molecule is CCCC(CCC)(C(=O)N1CCOCC1C)C(N)=S. The van der Waals surface area contributed by atoms with E-state index in [-0.39, 0.29) is 11.9 Å². The number of thiocarbonyl (C=S) groups is 1. The molecule has 1 aliphatic rings. The number of carbonyl (C=O) groups excluding carboxylic acids is 1. The van der Waals surface area contributed by atoms with Crippen LogP contribution in [0, 0.1) is 5.41 Å². The molecule has 0 saturated carbocycles. The molecule has 0 aliphatic carbocycles. The number of nitrogens with zero attached hydrogens (tertiary/aromatic N) is 1. The van der Waals surface area contributed by atoms with Gasteiger partial charge in [-0.1, -0.05) is 38.9 Å². The van der Waals surface area contributed by atoms with Crippen molar-refractivity contribution in [2.75, 3.05) is 19.8 Å². The second-order valence-electron chi connectivity index (χ2n) is 5.37. The largest absolute Gasteiger partial charge is 0.392 e. The molecule has 1 aliphatic heterocycles. The molecule has 1 rings (SSSR count). The zero-order valence-electron chi connectivity index (χ0n) is 12.3. The molecule has 1 amide bonds. The molecule has 0 radical (unpaired) electrons. The highest BCUT2D eigenvalue weighted by molar-refractivity contribution is 7.80. The van der Waals surface area contributed by atoms with Gasteiger partial charge in [0.15, 0.2) is 0 Å². The minimum Gasteiger partial charge on any atom is -0.392 e. The molecule has 19 heavy (non-hydrogen) atoms. The van der Waals surface area contributed by atoms with E-state index in [0.717, 1.165) is 25.7 Å². The van der Waals surface area contributed by atoms with Crippen molar-refractivity contribution in [1.29, 1.82) is 0 Å². The average Bonchev–Trinajstić information content (AvgIpc) is 2.38. The Balaban J connectivity index is 3.01. The molecule has 4 nitrogen and oxygen atoms in total. The molecule has 1 fully saturated rings. The first kappa shape index (κ1) is 16.4. The molecule has 0 aromatic rings. The number of nitrogens with two attached hydrogens (primary N) is 1. The minimum absolute atomic E-state index is 0.0968. The van der Waals surface area contributed by atoms with E-state index in [1.807, 2.05) is 11.8 Å². The van der Waals surface area contributed by atoms with Gasteiger partial charge in [0.25, 0.3) is 0 Å². The summed E-state index contributed by atoms with van der Waals surface area (Å²) < 4.78 is 5.40. The molecule has 1 heterocycles. The van der Waals surface area contributed by atoms with E-state index >= 15 is 0 Å².